The molecule has 1 saturated carbocycles. The van der Waals surface area contributed by atoms with Crippen molar-refractivity contribution >= 4 is 21.7 Å². The summed E-state index contributed by atoms with van der Waals surface area (Å²) in [6.45, 7) is 0. The van der Waals surface area contributed by atoms with Crippen LogP contribution < -0.4 is 5.32 Å². The van der Waals surface area contributed by atoms with Crippen LogP contribution in [0.5, 0.6) is 0 Å². The van der Waals surface area contributed by atoms with Gasteiger partial charge in [-0.2, -0.15) is 0 Å². The van der Waals surface area contributed by atoms with Crippen molar-refractivity contribution in [3.8, 4) is 0 Å². The molecule has 1 aromatic rings. The second-order valence-electron chi connectivity index (χ2n) is 4.09. The zero-order valence-corrected chi connectivity index (χ0v) is 10.4. The lowest BCUT2D eigenvalue weighted by atomic mass is 9.92. The van der Waals surface area contributed by atoms with Crippen LogP contribution in [-0.4, -0.2) is 22.2 Å². The molecule has 88 valence electrons. The summed E-state index contributed by atoms with van der Waals surface area (Å²) in [4.78, 5) is 3.96. The van der Waals surface area contributed by atoms with E-state index in [4.69, 9.17) is 0 Å². The lowest BCUT2D eigenvalue weighted by Gasteiger charge is -2.28. The number of rotatable bonds is 2. The van der Waals surface area contributed by atoms with Gasteiger partial charge < -0.3 is 10.4 Å². The van der Waals surface area contributed by atoms with Gasteiger partial charge in [0.2, 0.25) is 0 Å². The van der Waals surface area contributed by atoms with Gasteiger partial charge in [-0.3, -0.25) is 0 Å². The highest BCUT2D eigenvalue weighted by molar-refractivity contribution is 9.10. The maximum atomic E-state index is 13.5. The first-order chi connectivity index (χ1) is 7.66. The molecule has 5 heteroatoms. The van der Waals surface area contributed by atoms with E-state index in [2.05, 4.69) is 26.2 Å². The smallest absolute Gasteiger partial charge is 0.166 e. The van der Waals surface area contributed by atoms with Crippen LogP contribution in [-0.2, 0) is 0 Å². The predicted molar refractivity (Wildman–Crippen MR) is 63.8 cm³/mol. The maximum Gasteiger partial charge on any atom is 0.166 e. The summed E-state index contributed by atoms with van der Waals surface area (Å²) in [7, 11) is 0. The normalized spacial score (nSPS) is 25.4. The molecule has 0 spiro atoms. The van der Waals surface area contributed by atoms with Crippen LogP contribution in [0.4, 0.5) is 10.2 Å². The molecule has 2 unspecified atom stereocenters. The van der Waals surface area contributed by atoms with Crippen LogP contribution in [0.2, 0.25) is 0 Å². The fraction of sp³-hybridized carbons (Fsp3) is 0.545. The number of hydrogen-bond acceptors (Lipinski definition) is 3. The number of pyridine rings is 1. The molecule has 2 rings (SSSR count). The van der Waals surface area contributed by atoms with Gasteiger partial charge in [0.25, 0.3) is 0 Å². The van der Waals surface area contributed by atoms with Crippen LogP contribution in [0, 0.1) is 5.82 Å². The van der Waals surface area contributed by atoms with E-state index in [1.165, 1.54) is 6.07 Å². The van der Waals surface area contributed by atoms with E-state index >= 15 is 0 Å². The quantitative estimate of drug-likeness (QED) is 0.880. The summed E-state index contributed by atoms with van der Waals surface area (Å²) >= 11 is 3.15. The maximum absolute atomic E-state index is 13.5. The molecule has 0 amide bonds. The summed E-state index contributed by atoms with van der Waals surface area (Å²) in [5, 5.41) is 12.7. The Bertz CT molecular complexity index is 375. The average molecular weight is 289 g/mol. The van der Waals surface area contributed by atoms with Crippen LogP contribution in [0.3, 0.4) is 0 Å². The number of nitrogens with zero attached hydrogens (tertiary/aromatic N) is 1. The van der Waals surface area contributed by atoms with Gasteiger partial charge >= 0.3 is 0 Å². The lowest BCUT2D eigenvalue weighted by Crippen LogP contribution is -2.36. The molecular weight excluding hydrogens is 275 g/mol. The highest BCUT2D eigenvalue weighted by atomic mass is 79.9. The highest BCUT2D eigenvalue weighted by Crippen LogP contribution is 2.23. The zero-order chi connectivity index (χ0) is 11.5. The number of halogens is 2. The van der Waals surface area contributed by atoms with Gasteiger partial charge in [0.15, 0.2) is 11.6 Å². The Morgan fingerprint density at radius 2 is 2.19 bits per heavy atom. The number of hydrogen-bond donors (Lipinski definition) is 2. The van der Waals surface area contributed by atoms with Crippen LogP contribution >= 0.6 is 15.9 Å². The molecule has 3 nitrogen and oxygen atoms in total. The Kier molecular flexibility index (Phi) is 3.76. The summed E-state index contributed by atoms with van der Waals surface area (Å²) in [6, 6.07) is 1.28. The van der Waals surface area contributed by atoms with E-state index in [1.807, 2.05) is 0 Å². The minimum absolute atomic E-state index is 0.0862. The summed E-state index contributed by atoms with van der Waals surface area (Å²) < 4.78 is 14.1. The Balaban J connectivity index is 2.07. The van der Waals surface area contributed by atoms with E-state index in [-0.39, 0.29) is 11.9 Å². The average Bonchev–Trinajstić information content (AvgIpc) is 2.25. The van der Waals surface area contributed by atoms with Crippen molar-refractivity contribution in [1.29, 1.82) is 0 Å². The third kappa shape index (κ3) is 2.71. The Morgan fingerprint density at radius 3 is 2.88 bits per heavy atom. The minimum atomic E-state index is -0.404. The Hall–Kier alpha value is -0.680. The molecule has 1 heterocycles. The Labute approximate surface area is 102 Å². The van der Waals surface area contributed by atoms with Crippen molar-refractivity contribution < 1.29 is 9.50 Å². The molecule has 1 fully saturated rings. The monoisotopic (exact) mass is 288 g/mol. The van der Waals surface area contributed by atoms with Gasteiger partial charge in [-0.25, -0.2) is 9.37 Å². The van der Waals surface area contributed by atoms with Gasteiger partial charge in [0.1, 0.15) is 0 Å². The van der Waals surface area contributed by atoms with Crippen molar-refractivity contribution in [1.82, 2.24) is 4.98 Å². The molecule has 0 radical (unpaired) electrons. The zero-order valence-electron chi connectivity index (χ0n) is 8.79. The first-order valence-corrected chi connectivity index (χ1v) is 6.22. The number of aromatic nitrogens is 1. The standard InChI is InChI=1S/C11H14BrFN2O/c12-7-5-8(13)11(14-6-7)15-9-3-1-2-4-10(9)16/h5-6,9-10,16H,1-4H2,(H,14,15). The topological polar surface area (TPSA) is 45.1 Å². The number of nitrogens with one attached hydrogen (secondary N) is 1. The summed E-state index contributed by atoms with van der Waals surface area (Å²) in [5.74, 6) is -0.179. The van der Waals surface area contributed by atoms with Crippen molar-refractivity contribution in [2.24, 2.45) is 0 Å². The molecule has 0 saturated heterocycles. The largest absolute Gasteiger partial charge is 0.391 e. The van der Waals surface area contributed by atoms with Crippen molar-refractivity contribution in [2.75, 3.05) is 5.32 Å². The van der Waals surface area contributed by atoms with Crippen molar-refractivity contribution in [2.45, 2.75) is 37.8 Å². The molecule has 0 aliphatic heterocycles. The van der Waals surface area contributed by atoms with E-state index in [0.29, 0.717) is 4.47 Å². The number of aliphatic hydroxyl groups is 1. The van der Waals surface area contributed by atoms with E-state index in [1.54, 1.807) is 6.20 Å². The minimum Gasteiger partial charge on any atom is -0.391 e. The van der Waals surface area contributed by atoms with Gasteiger partial charge in [-0.1, -0.05) is 12.8 Å². The molecule has 0 aromatic carbocycles. The molecule has 16 heavy (non-hydrogen) atoms. The van der Waals surface area contributed by atoms with Crippen LogP contribution in [0.1, 0.15) is 25.7 Å². The van der Waals surface area contributed by atoms with Crippen molar-refractivity contribution in [3.05, 3.63) is 22.6 Å². The molecular formula is C11H14BrFN2O. The second-order valence-corrected chi connectivity index (χ2v) is 5.00. The summed E-state index contributed by atoms with van der Waals surface area (Å²) in [6.07, 6.45) is 4.87. The Morgan fingerprint density at radius 1 is 1.44 bits per heavy atom. The van der Waals surface area contributed by atoms with Gasteiger partial charge in [0.05, 0.1) is 12.1 Å². The van der Waals surface area contributed by atoms with Crippen molar-refractivity contribution in [3.63, 3.8) is 0 Å². The number of aliphatic hydroxyl groups excluding tert-OH is 1. The fourth-order valence-corrected chi connectivity index (χ4v) is 2.28. The van der Waals surface area contributed by atoms with Gasteiger partial charge in [-0.15, -0.1) is 0 Å². The first kappa shape index (κ1) is 11.8. The van der Waals surface area contributed by atoms with Gasteiger partial charge in [0, 0.05) is 10.7 Å². The van der Waals surface area contributed by atoms with E-state index in [9.17, 15) is 9.50 Å². The molecule has 1 aromatic heterocycles. The summed E-state index contributed by atoms with van der Waals surface area (Å²) in [5.41, 5.74) is 0. The van der Waals surface area contributed by atoms with E-state index in [0.717, 1.165) is 25.7 Å². The highest BCUT2D eigenvalue weighted by Gasteiger charge is 2.23. The van der Waals surface area contributed by atoms with Gasteiger partial charge in [-0.05, 0) is 34.8 Å². The van der Waals surface area contributed by atoms with Crippen LogP contribution in [0.15, 0.2) is 16.7 Å². The molecule has 1 aliphatic rings. The molecule has 0 bridgehead atoms. The molecule has 1 aliphatic carbocycles. The third-order valence-corrected chi connectivity index (χ3v) is 3.29. The predicted octanol–water partition coefficient (Wildman–Crippen LogP) is 2.70. The molecule has 2 N–H and O–H groups in total. The SMILES string of the molecule is OC1CCCCC1Nc1ncc(Br)cc1F. The molecule has 2 atom stereocenters. The van der Waals surface area contributed by atoms with E-state index < -0.39 is 11.9 Å². The second kappa shape index (κ2) is 5.10. The van der Waals surface area contributed by atoms with Crippen LogP contribution in [0.25, 0.3) is 0 Å². The fourth-order valence-electron chi connectivity index (χ4n) is 1.98. The lowest BCUT2D eigenvalue weighted by molar-refractivity contribution is 0.116. The number of anilines is 1. The first-order valence-electron chi connectivity index (χ1n) is 5.42. The third-order valence-electron chi connectivity index (χ3n) is 2.86.